The van der Waals surface area contributed by atoms with Gasteiger partial charge >= 0.3 is 12.1 Å². The van der Waals surface area contributed by atoms with E-state index in [1.807, 2.05) is 54.7 Å². The van der Waals surface area contributed by atoms with Gasteiger partial charge in [-0.1, -0.05) is 17.3 Å². The first-order valence-electron chi connectivity index (χ1n) is 10.3. The number of aromatic nitrogens is 4. The molecule has 1 aromatic carbocycles. The molecule has 0 radical (unpaired) electrons. The fourth-order valence-corrected chi connectivity index (χ4v) is 3.46. The van der Waals surface area contributed by atoms with Crippen LogP contribution >= 0.6 is 0 Å². The Kier molecular flexibility index (Phi) is 5.13. The highest BCUT2D eigenvalue weighted by Gasteiger charge is 2.28. The Morgan fingerprint density at radius 1 is 1.17 bits per heavy atom. The number of hydrogen-bond acceptors (Lipinski definition) is 7. The van der Waals surface area contributed by atoms with E-state index in [4.69, 9.17) is 9.26 Å². The van der Waals surface area contributed by atoms with Gasteiger partial charge in [0, 0.05) is 43.2 Å². The largest absolute Gasteiger partial charge is 0.444 e. The zero-order chi connectivity index (χ0) is 21.5. The van der Waals surface area contributed by atoms with Crippen LogP contribution in [0.2, 0.25) is 0 Å². The molecule has 0 aliphatic carbocycles. The van der Waals surface area contributed by atoms with Crippen molar-refractivity contribution in [2.24, 2.45) is 0 Å². The highest BCUT2D eigenvalue weighted by atomic mass is 16.6. The van der Waals surface area contributed by atoms with Crippen LogP contribution in [0.25, 0.3) is 22.3 Å². The van der Waals surface area contributed by atoms with E-state index in [1.54, 1.807) is 4.90 Å². The second-order valence-electron chi connectivity index (χ2n) is 8.81. The Morgan fingerprint density at radius 3 is 2.57 bits per heavy atom. The minimum Gasteiger partial charge on any atom is -0.444 e. The standard InChI is InChI=1S/C21H28N6O3/c1-14(2)27-17-12-15(6-7-16(17)13-22-27)18-23-19(30-24-18)25-8-10-26(11-9-25)20(28)29-21(3,4)5/h6-7,12-14H,8-11H2,1-5H3. The van der Waals surface area contributed by atoms with Crippen molar-refractivity contribution >= 4 is 23.0 Å². The van der Waals surface area contributed by atoms with Gasteiger partial charge in [-0.3, -0.25) is 4.68 Å². The van der Waals surface area contributed by atoms with E-state index in [-0.39, 0.29) is 12.1 Å². The molecule has 0 unspecified atom stereocenters. The molecule has 1 amide bonds. The molecule has 1 saturated heterocycles. The van der Waals surface area contributed by atoms with Crippen molar-refractivity contribution in [1.29, 1.82) is 0 Å². The number of ether oxygens (including phenoxy) is 1. The van der Waals surface area contributed by atoms with Gasteiger partial charge in [0.1, 0.15) is 5.60 Å². The van der Waals surface area contributed by atoms with Gasteiger partial charge in [0.05, 0.1) is 11.7 Å². The van der Waals surface area contributed by atoms with Crippen molar-refractivity contribution in [2.45, 2.75) is 46.3 Å². The Labute approximate surface area is 175 Å². The van der Waals surface area contributed by atoms with Crippen molar-refractivity contribution in [2.75, 3.05) is 31.1 Å². The van der Waals surface area contributed by atoms with Gasteiger partial charge in [-0.25, -0.2) is 4.79 Å². The summed E-state index contributed by atoms with van der Waals surface area (Å²) >= 11 is 0. The molecule has 1 aliphatic rings. The summed E-state index contributed by atoms with van der Waals surface area (Å²) in [6, 6.07) is 6.76. The number of fused-ring (bicyclic) bond motifs is 1. The first kappa shape index (κ1) is 20.2. The maximum atomic E-state index is 12.2. The van der Waals surface area contributed by atoms with Gasteiger partial charge in [-0.2, -0.15) is 10.1 Å². The number of anilines is 1. The van der Waals surface area contributed by atoms with E-state index >= 15 is 0 Å². The lowest BCUT2D eigenvalue weighted by Gasteiger charge is -2.34. The van der Waals surface area contributed by atoms with E-state index in [2.05, 4.69) is 29.1 Å². The normalized spacial score (nSPS) is 15.3. The van der Waals surface area contributed by atoms with Crippen molar-refractivity contribution in [1.82, 2.24) is 24.8 Å². The third kappa shape index (κ3) is 4.10. The van der Waals surface area contributed by atoms with Crippen LogP contribution < -0.4 is 4.90 Å². The van der Waals surface area contributed by atoms with Gasteiger partial charge in [-0.05, 0) is 40.7 Å². The highest BCUT2D eigenvalue weighted by molar-refractivity contribution is 5.83. The van der Waals surface area contributed by atoms with Crippen molar-refractivity contribution in [3.8, 4) is 11.4 Å². The number of amides is 1. The summed E-state index contributed by atoms with van der Waals surface area (Å²) in [5.41, 5.74) is 1.42. The molecule has 9 heteroatoms. The lowest BCUT2D eigenvalue weighted by molar-refractivity contribution is 0.0238. The average molecular weight is 412 g/mol. The maximum Gasteiger partial charge on any atom is 0.410 e. The molecule has 1 fully saturated rings. The van der Waals surface area contributed by atoms with Gasteiger partial charge < -0.3 is 19.1 Å². The summed E-state index contributed by atoms with van der Waals surface area (Å²) in [4.78, 5) is 20.5. The Morgan fingerprint density at radius 2 is 1.90 bits per heavy atom. The van der Waals surface area contributed by atoms with Gasteiger partial charge in [0.2, 0.25) is 5.82 Å². The molecule has 3 heterocycles. The SMILES string of the molecule is CC(C)n1ncc2ccc(-c3noc(N4CCN(C(=O)OC(C)(C)C)CC4)n3)cc21. The molecular formula is C21H28N6O3. The molecule has 0 bridgehead atoms. The molecule has 2 aromatic heterocycles. The minimum absolute atomic E-state index is 0.264. The molecule has 160 valence electrons. The van der Waals surface area contributed by atoms with E-state index in [1.165, 1.54) is 0 Å². The molecule has 1 aliphatic heterocycles. The predicted octanol–water partition coefficient (Wildman–Crippen LogP) is 3.72. The third-order valence-electron chi connectivity index (χ3n) is 4.96. The second-order valence-corrected chi connectivity index (χ2v) is 8.81. The zero-order valence-electron chi connectivity index (χ0n) is 18.1. The zero-order valence-corrected chi connectivity index (χ0v) is 18.1. The lowest BCUT2D eigenvalue weighted by Crippen LogP contribution is -2.50. The van der Waals surface area contributed by atoms with Crippen molar-refractivity contribution in [3.63, 3.8) is 0 Å². The highest BCUT2D eigenvalue weighted by Crippen LogP contribution is 2.26. The molecule has 9 nitrogen and oxygen atoms in total. The third-order valence-corrected chi connectivity index (χ3v) is 4.96. The number of rotatable bonds is 3. The van der Waals surface area contributed by atoms with Crippen LogP contribution in [0, 0.1) is 0 Å². The first-order valence-corrected chi connectivity index (χ1v) is 10.3. The van der Waals surface area contributed by atoms with Crippen LogP contribution in [-0.4, -0.2) is 62.7 Å². The van der Waals surface area contributed by atoms with Crippen LogP contribution in [0.5, 0.6) is 0 Å². The minimum atomic E-state index is -0.498. The lowest BCUT2D eigenvalue weighted by atomic mass is 10.1. The Hall–Kier alpha value is -3.10. The molecule has 4 rings (SSSR count). The number of nitrogens with zero attached hydrogens (tertiary/aromatic N) is 6. The summed E-state index contributed by atoms with van der Waals surface area (Å²) in [7, 11) is 0. The predicted molar refractivity (Wildman–Crippen MR) is 113 cm³/mol. The monoisotopic (exact) mass is 412 g/mol. The Bertz CT molecular complexity index is 1040. The molecule has 30 heavy (non-hydrogen) atoms. The van der Waals surface area contributed by atoms with Gasteiger partial charge in [0.15, 0.2) is 0 Å². The smallest absolute Gasteiger partial charge is 0.410 e. The van der Waals surface area contributed by atoms with Crippen LogP contribution in [0.4, 0.5) is 10.8 Å². The topological polar surface area (TPSA) is 89.5 Å². The maximum absolute atomic E-state index is 12.2. The van der Waals surface area contributed by atoms with Crippen LogP contribution in [0.15, 0.2) is 28.9 Å². The summed E-state index contributed by atoms with van der Waals surface area (Å²) in [6.45, 7) is 12.1. The van der Waals surface area contributed by atoms with Crippen LogP contribution in [0.1, 0.15) is 40.7 Å². The number of carbonyl (C=O) groups is 1. The number of piperazine rings is 1. The molecule has 0 saturated carbocycles. The van der Waals surface area contributed by atoms with Crippen molar-refractivity contribution in [3.05, 3.63) is 24.4 Å². The number of carbonyl (C=O) groups excluding carboxylic acids is 1. The summed E-state index contributed by atoms with van der Waals surface area (Å²) < 4.78 is 12.9. The molecule has 0 spiro atoms. The summed E-state index contributed by atoms with van der Waals surface area (Å²) in [6.07, 6.45) is 1.58. The van der Waals surface area contributed by atoms with E-state index in [0.717, 1.165) is 16.5 Å². The second kappa shape index (κ2) is 7.62. The molecular weight excluding hydrogens is 384 g/mol. The van der Waals surface area contributed by atoms with Crippen molar-refractivity contribution < 1.29 is 14.1 Å². The molecule has 3 aromatic rings. The summed E-state index contributed by atoms with van der Waals surface area (Å²) in [5, 5.41) is 9.70. The quantitative estimate of drug-likeness (QED) is 0.647. The van der Waals surface area contributed by atoms with E-state index in [9.17, 15) is 4.79 Å². The van der Waals surface area contributed by atoms with E-state index < -0.39 is 5.60 Å². The Balaban J connectivity index is 1.46. The van der Waals surface area contributed by atoms with Gasteiger partial charge in [0.25, 0.3) is 0 Å². The van der Waals surface area contributed by atoms with Gasteiger partial charge in [-0.15, -0.1) is 0 Å². The number of benzene rings is 1. The fourth-order valence-electron chi connectivity index (χ4n) is 3.46. The molecule has 0 N–H and O–H groups in total. The van der Waals surface area contributed by atoms with Crippen LogP contribution in [-0.2, 0) is 4.74 Å². The summed E-state index contributed by atoms with van der Waals surface area (Å²) in [5.74, 6) is 0.540. The first-order chi connectivity index (χ1) is 14.2. The van der Waals surface area contributed by atoms with E-state index in [0.29, 0.717) is 38.0 Å². The average Bonchev–Trinajstić information content (AvgIpc) is 3.33. The van der Waals surface area contributed by atoms with Crippen LogP contribution in [0.3, 0.4) is 0 Å². The number of hydrogen-bond donors (Lipinski definition) is 0. The fraction of sp³-hybridized carbons (Fsp3) is 0.524. The molecule has 0 atom stereocenters.